The molecule has 8 heteroatoms. The lowest BCUT2D eigenvalue weighted by Gasteiger charge is -2.30. The molecular formula is C18H26N4O4. The second kappa shape index (κ2) is 7.63. The molecular weight excluding hydrogens is 336 g/mol. The smallest absolute Gasteiger partial charge is 0.410 e. The third-order valence-electron chi connectivity index (χ3n) is 3.91. The van der Waals surface area contributed by atoms with Crippen molar-refractivity contribution in [2.24, 2.45) is 0 Å². The Kier molecular flexibility index (Phi) is 5.74. The maximum atomic E-state index is 12.6. The fourth-order valence-corrected chi connectivity index (χ4v) is 2.36. The maximum Gasteiger partial charge on any atom is 0.410 e. The number of fused-ring (bicyclic) bond motifs is 1. The summed E-state index contributed by atoms with van der Waals surface area (Å²) in [5, 5.41) is 4.39. The van der Waals surface area contributed by atoms with Gasteiger partial charge in [0.1, 0.15) is 11.6 Å². The number of anilines is 2. The number of rotatable bonds is 3. The van der Waals surface area contributed by atoms with E-state index in [0.29, 0.717) is 12.2 Å². The molecule has 0 aliphatic carbocycles. The van der Waals surface area contributed by atoms with Gasteiger partial charge in [0.05, 0.1) is 11.4 Å². The van der Waals surface area contributed by atoms with Crippen LogP contribution in [0.3, 0.4) is 0 Å². The van der Waals surface area contributed by atoms with Gasteiger partial charge in [0.2, 0.25) is 5.91 Å². The second-order valence-electron chi connectivity index (χ2n) is 7.17. The van der Waals surface area contributed by atoms with E-state index >= 15 is 0 Å². The van der Waals surface area contributed by atoms with Crippen LogP contribution in [0.15, 0.2) is 24.3 Å². The highest BCUT2D eigenvalue weighted by atomic mass is 16.6. The average Bonchev–Trinajstić information content (AvgIpc) is 2.71. The highest BCUT2D eigenvalue weighted by molar-refractivity contribution is 6.01. The SMILES string of the molecule is C[C@@H](C(=O)NN1C(=O)CCNc2ccccc21)N(C)C(=O)OC(C)(C)C. The number of ether oxygens (including phenoxy) is 1. The van der Waals surface area contributed by atoms with Crippen molar-refractivity contribution >= 4 is 29.3 Å². The summed E-state index contributed by atoms with van der Waals surface area (Å²) < 4.78 is 5.27. The fourth-order valence-electron chi connectivity index (χ4n) is 2.36. The third kappa shape index (κ3) is 4.65. The number of para-hydroxylation sites is 2. The minimum atomic E-state index is -0.818. The summed E-state index contributed by atoms with van der Waals surface area (Å²) >= 11 is 0. The monoisotopic (exact) mass is 362 g/mol. The van der Waals surface area contributed by atoms with Gasteiger partial charge in [0.15, 0.2) is 0 Å². The summed E-state index contributed by atoms with van der Waals surface area (Å²) in [4.78, 5) is 38.4. The summed E-state index contributed by atoms with van der Waals surface area (Å²) in [5.41, 5.74) is 3.28. The van der Waals surface area contributed by atoms with Crippen LogP contribution in [-0.2, 0) is 14.3 Å². The minimum absolute atomic E-state index is 0.233. The van der Waals surface area contributed by atoms with Crippen molar-refractivity contribution in [3.05, 3.63) is 24.3 Å². The molecule has 0 unspecified atom stereocenters. The molecule has 3 amide bonds. The van der Waals surface area contributed by atoms with Crippen LogP contribution in [0.1, 0.15) is 34.1 Å². The molecule has 0 radical (unpaired) electrons. The van der Waals surface area contributed by atoms with Gasteiger partial charge in [-0.2, -0.15) is 0 Å². The van der Waals surface area contributed by atoms with E-state index in [0.717, 1.165) is 5.69 Å². The Balaban J connectivity index is 2.12. The Morgan fingerprint density at radius 2 is 1.96 bits per heavy atom. The van der Waals surface area contributed by atoms with Gasteiger partial charge in [0, 0.05) is 20.0 Å². The van der Waals surface area contributed by atoms with Gasteiger partial charge in [-0.05, 0) is 39.8 Å². The Hall–Kier alpha value is -2.77. The highest BCUT2D eigenvalue weighted by Gasteiger charge is 2.30. The van der Waals surface area contributed by atoms with Gasteiger partial charge in [0.25, 0.3) is 5.91 Å². The lowest BCUT2D eigenvalue weighted by atomic mass is 10.2. The van der Waals surface area contributed by atoms with E-state index in [2.05, 4.69) is 10.7 Å². The molecule has 1 aliphatic rings. The summed E-state index contributed by atoms with van der Waals surface area (Å²) in [6.45, 7) is 7.32. The number of hydrogen-bond acceptors (Lipinski definition) is 5. The van der Waals surface area contributed by atoms with Crippen LogP contribution < -0.4 is 15.8 Å². The zero-order valence-electron chi connectivity index (χ0n) is 15.8. The van der Waals surface area contributed by atoms with E-state index < -0.39 is 23.6 Å². The van der Waals surface area contributed by atoms with E-state index in [1.54, 1.807) is 39.8 Å². The molecule has 1 atom stereocenters. The van der Waals surface area contributed by atoms with Crippen molar-refractivity contribution in [1.29, 1.82) is 0 Å². The number of carbonyl (C=O) groups excluding carboxylic acids is 3. The minimum Gasteiger partial charge on any atom is -0.444 e. The lowest BCUT2D eigenvalue weighted by molar-refractivity contribution is -0.128. The molecule has 2 N–H and O–H groups in total. The van der Waals surface area contributed by atoms with Crippen LogP contribution in [0, 0.1) is 0 Å². The van der Waals surface area contributed by atoms with E-state index in [1.807, 2.05) is 12.1 Å². The average molecular weight is 362 g/mol. The predicted octanol–water partition coefficient (Wildman–Crippen LogP) is 2.12. The van der Waals surface area contributed by atoms with Gasteiger partial charge in [-0.15, -0.1) is 0 Å². The first-order valence-electron chi connectivity index (χ1n) is 8.52. The number of nitrogens with one attached hydrogen (secondary N) is 2. The first-order chi connectivity index (χ1) is 12.1. The van der Waals surface area contributed by atoms with Crippen molar-refractivity contribution in [2.75, 3.05) is 23.9 Å². The van der Waals surface area contributed by atoms with Crippen LogP contribution in [0.5, 0.6) is 0 Å². The predicted molar refractivity (Wildman–Crippen MR) is 98.6 cm³/mol. The Labute approximate surface area is 153 Å². The van der Waals surface area contributed by atoms with Crippen LogP contribution in [0.2, 0.25) is 0 Å². The van der Waals surface area contributed by atoms with Crippen molar-refractivity contribution in [1.82, 2.24) is 10.3 Å². The molecule has 26 heavy (non-hydrogen) atoms. The maximum absolute atomic E-state index is 12.6. The molecule has 2 rings (SSSR count). The molecule has 0 fully saturated rings. The zero-order valence-corrected chi connectivity index (χ0v) is 15.8. The number of benzene rings is 1. The van der Waals surface area contributed by atoms with Gasteiger partial charge in [-0.3, -0.25) is 19.9 Å². The summed E-state index contributed by atoms with van der Waals surface area (Å²) in [7, 11) is 1.48. The number of amides is 3. The van der Waals surface area contributed by atoms with Gasteiger partial charge in [-0.1, -0.05) is 12.1 Å². The number of carbonyl (C=O) groups is 3. The molecule has 1 aromatic rings. The Bertz CT molecular complexity index is 699. The molecule has 142 valence electrons. The normalized spacial score (nSPS) is 15.3. The zero-order chi connectivity index (χ0) is 19.5. The highest BCUT2D eigenvalue weighted by Crippen LogP contribution is 2.27. The van der Waals surface area contributed by atoms with Gasteiger partial charge in [-0.25, -0.2) is 9.80 Å². The quantitative estimate of drug-likeness (QED) is 0.859. The third-order valence-corrected chi connectivity index (χ3v) is 3.91. The Morgan fingerprint density at radius 3 is 2.62 bits per heavy atom. The van der Waals surface area contributed by atoms with E-state index in [9.17, 15) is 14.4 Å². The standard InChI is InChI=1S/C18H26N4O4/c1-12(21(5)17(25)26-18(2,3)4)16(24)20-22-14-9-7-6-8-13(14)19-11-10-15(22)23/h6-9,12,19H,10-11H2,1-5H3,(H,20,24)/t12-/m0/s1. The van der Waals surface area contributed by atoms with E-state index in [4.69, 9.17) is 4.74 Å². The molecule has 0 bridgehead atoms. The molecule has 0 spiro atoms. The van der Waals surface area contributed by atoms with Crippen molar-refractivity contribution in [3.63, 3.8) is 0 Å². The molecule has 0 aromatic heterocycles. The molecule has 1 aromatic carbocycles. The molecule has 8 nitrogen and oxygen atoms in total. The largest absolute Gasteiger partial charge is 0.444 e. The molecule has 0 saturated heterocycles. The summed E-state index contributed by atoms with van der Waals surface area (Å²) in [6.07, 6.45) is -0.366. The topological polar surface area (TPSA) is 91.0 Å². The number of hydrazine groups is 1. The molecule has 1 heterocycles. The second-order valence-corrected chi connectivity index (χ2v) is 7.17. The van der Waals surface area contributed by atoms with Crippen molar-refractivity contribution < 1.29 is 19.1 Å². The summed E-state index contributed by atoms with van der Waals surface area (Å²) in [5.74, 6) is -0.716. The van der Waals surface area contributed by atoms with E-state index in [-0.39, 0.29) is 12.3 Å². The first kappa shape index (κ1) is 19.6. The van der Waals surface area contributed by atoms with Crippen LogP contribution >= 0.6 is 0 Å². The van der Waals surface area contributed by atoms with Crippen molar-refractivity contribution in [2.45, 2.75) is 45.8 Å². The van der Waals surface area contributed by atoms with E-state index in [1.165, 1.54) is 17.0 Å². The summed E-state index contributed by atoms with van der Waals surface area (Å²) in [6, 6.07) is 6.40. The Morgan fingerprint density at radius 1 is 1.31 bits per heavy atom. The number of likely N-dealkylation sites (N-methyl/N-ethyl adjacent to an activating group) is 1. The van der Waals surface area contributed by atoms with Crippen LogP contribution in [0.4, 0.5) is 16.2 Å². The number of nitrogens with zero attached hydrogens (tertiary/aromatic N) is 2. The van der Waals surface area contributed by atoms with Crippen molar-refractivity contribution in [3.8, 4) is 0 Å². The molecule has 1 aliphatic heterocycles. The first-order valence-corrected chi connectivity index (χ1v) is 8.52. The van der Waals surface area contributed by atoms with Crippen LogP contribution in [-0.4, -0.2) is 48.0 Å². The van der Waals surface area contributed by atoms with Gasteiger partial charge >= 0.3 is 6.09 Å². The fraction of sp³-hybridized carbons (Fsp3) is 0.500. The van der Waals surface area contributed by atoms with Crippen LogP contribution in [0.25, 0.3) is 0 Å². The number of hydrogen-bond donors (Lipinski definition) is 2. The lowest BCUT2D eigenvalue weighted by Crippen LogP contribution is -2.54. The van der Waals surface area contributed by atoms with Gasteiger partial charge < -0.3 is 10.1 Å². The molecule has 0 saturated carbocycles.